The molecule has 1 aromatic carbocycles. The minimum atomic E-state index is -1.58. The van der Waals surface area contributed by atoms with Crippen molar-refractivity contribution in [3.63, 3.8) is 0 Å². The van der Waals surface area contributed by atoms with Crippen molar-refractivity contribution in [3.05, 3.63) is 54.2 Å². The normalized spacial score (nSPS) is 21.8. The molecule has 0 unspecified atom stereocenters. The number of amides is 2. The van der Waals surface area contributed by atoms with Crippen LogP contribution in [0.5, 0.6) is 0 Å². The number of carbonyl (C=O) groups is 2. The van der Waals surface area contributed by atoms with E-state index in [1.807, 2.05) is 30.3 Å². The summed E-state index contributed by atoms with van der Waals surface area (Å²) >= 11 is 0. The summed E-state index contributed by atoms with van der Waals surface area (Å²) < 4.78 is 0. The Morgan fingerprint density at radius 2 is 2.00 bits per heavy atom. The highest BCUT2D eigenvalue weighted by molar-refractivity contribution is 6.04. The predicted molar refractivity (Wildman–Crippen MR) is 81.7 cm³/mol. The molecule has 0 radical (unpaired) electrons. The fourth-order valence-corrected chi connectivity index (χ4v) is 2.23. The van der Waals surface area contributed by atoms with Crippen molar-refractivity contribution in [2.45, 2.75) is 19.0 Å². The molecule has 1 heterocycles. The van der Waals surface area contributed by atoms with E-state index in [1.54, 1.807) is 32.3 Å². The lowest BCUT2D eigenvalue weighted by molar-refractivity contribution is -0.135. The molecule has 2 amide bonds. The number of allylic oxidation sites excluding steroid dienone is 2. The minimum absolute atomic E-state index is 0.255. The predicted octanol–water partition coefficient (Wildman–Crippen LogP) is 1.24. The van der Waals surface area contributed by atoms with Crippen molar-refractivity contribution in [2.75, 3.05) is 7.05 Å². The first-order valence-corrected chi connectivity index (χ1v) is 6.80. The number of hydrogen-bond donors (Lipinski definition) is 2. The molecule has 0 aromatic heterocycles. The molecule has 5 heteroatoms. The van der Waals surface area contributed by atoms with Crippen LogP contribution in [0.3, 0.4) is 0 Å². The third-order valence-electron chi connectivity index (χ3n) is 3.40. The van der Waals surface area contributed by atoms with Gasteiger partial charge in [0.05, 0.1) is 0 Å². The molecule has 0 fully saturated rings. The van der Waals surface area contributed by atoms with Gasteiger partial charge in [-0.3, -0.25) is 15.3 Å². The molecule has 1 aliphatic heterocycles. The van der Waals surface area contributed by atoms with Crippen LogP contribution in [0.1, 0.15) is 18.9 Å². The van der Waals surface area contributed by atoms with E-state index in [4.69, 9.17) is 5.73 Å². The minimum Gasteiger partial charge on any atom is -0.326 e. The van der Waals surface area contributed by atoms with Gasteiger partial charge in [-0.25, -0.2) is 0 Å². The van der Waals surface area contributed by atoms with Gasteiger partial charge in [-0.1, -0.05) is 43.3 Å². The zero-order valence-electron chi connectivity index (χ0n) is 12.2. The van der Waals surface area contributed by atoms with Crippen molar-refractivity contribution in [1.82, 2.24) is 10.2 Å². The molecule has 2 rings (SSSR count). The van der Waals surface area contributed by atoms with Gasteiger partial charge in [-0.05, 0) is 11.6 Å². The van der Waals surface area contributed by atoms with Crippen LogP contribution in [0.25, 0.3) is 5.57 Å². The van der Waals surface area contributed by atoms with Crippen molar-refractivity contribution in [1.29, 1.82) is 0 Å². The standard InChI is InChI=1S/C16H19N3O2/c1-3-14(20)18-16(17)13(12-8-5-4-6-9-12)10-7-11-19(2)15(16)21/h4-11H,3,17H2,1-2H3,(H,18,20)/t16-/m0/s1. The fraction of sp³-hybridized carbons (Fsp3) is 0.250. The summed E-state index contributed by atoms with van der Waals surface area (Å²) in [6.07, 6.45) is 5.38. The van der Waals surface area contributed by atoms with E-state index in [9.17, 15) is 9.59 Å². The summed E-state index contributed by atoms with van der Waals surface area (Å²) in [4.78, 5) is 25.8. The van der Waals surface area contributed by atoms with E-state index < -0.39 is 5.66 Å². The third-order valence-corrected chi connectivity index (χ3v) is 3.40. The maximum atomic E-state index is 12.6. The molecule has 5 nitrogen and oxygen atoms in total. The molecule has 0 aliphatic carbocycles. The van der Waals surface area contributed by atoms with Gasteiger partial charge < -0.3 is 10.2 Å². The Morgan fingerprint density at radius 1 is 1.33 bits per heavy atom. The zero-order valence-corrected chi connectivity index (χ0v) is 12.2. The molecular formula is C16H19N3O2. The van der Waals surface area contributed by atoms with Gasteiger partial charge in [0.15, 0.2) is 5.66 Å². The van der Waals surface area contributed by atoms with Crippen LogP contribution in [0.2, 0.25) is 0 Å². The summed E-state index contributed by atoms with van der Waals surface area (Å²) in [6.45, 7) is 1.72. The average molecular weight is 285 g/mol. The van der Waals surface area contributed by atoms with Gasteiger partial charge in [0.1, 0.15) is 0 Å². The maximum Gasteiger partial charge on any atom is 0.271 e. The highest BCUT2D eigenvalue weighted by atomic mass is 16.2. The second-order valence-electron chi connectivity index (χ2n) is 4.91. The number of nitrogens with zero attached hydrogens (tertiary/aromatic N) is 1. The van der Waals surface area contributed by atoms with E-state index in [0.717, 1.165) is 5.56 Å². The summed E-state index contributed by atoms with van der Waals surface area (Å²) in [5.41, 5.74) is 6.10. The zero-order chi connectivity index (χ0) is 15.5. The van der Waals surface area contributed by atoms with E-state index in [-0.39, 0.29) is 18.2 Å². The summed E-state index contributed by atoms with van der Waals surface area (Å²) in [5, 5.41) is 2.65. The van der Waals surface area contributed by atoms with Gasteiger partial charge in [0.2, 0.25) is 5.91 Å². The second-order valence-corrected chi connectivity index (χ2v) is 4.91. The number of carbonyl (C=O) groups excluding carboxylic acids is 2. The molecular weight excluding hydrogens is 266 g/mol. The first-order chi connectivity index (χ1) is 9.99. The van der Waals surface area contributed by atoms with E-state index in [0.29, 0.717) is 5.57 Å². The van der Waals surface area contributed by atoms with Crippen LogP contribution < -0.4 is 11.1 Å². The van der Waals surface area contributed by atoms with E-state index in [2.05, 4.69) is 5.32 Å². The smallest absolute Gasteiger partial charge is 0.271 e. The summed E-state index contributed by atoms with van der Waals surface area (Å²) in [5.74, 6) is -0.656. The van der Waals surface area contributed by atoms with Crippen molar-refractivity contribution < 1.29 is 9.59 Å². The molecule has 0 bridgehead atoms. The molecule has 1 aliphatic rings. The Labute approximate surface area is 124 Å². The van der Waals surface area contributed by atoms with Crippen molar-refractivity contribution in [3.8, 4) is 0 Å². The highest BCUT2D eigenvalue weighted by Gasteiger charge is 2.42. The van der Waals surface area contributed by atoms with Gasteiger partial charge in [-0.2, -0.15) is 0 Å². The van der Waals surface area contributed by atoms with E-state index in [1.165, 1.54) is 4.90 Å². The summed E-state index contributed by atoms with van der Waals surface area (Å²) in [7, 11) is 1.61. The first-order valence-electron chi connectivity index (χ1n) is 6.80. The monoisotopic (exact) mass is 285 g/mol. The Hall–Kier alpha value is -2.40. The fourth-order valence-electron chi connectivity index (χ4n) is 2.23. The van der Waals surface area contributed by atoms with E-state index >= 15 is 0 Å². The number of likely N-dealkylation sites (N-methyl/N-ethyl adjacent to an activating group) is 1. The van der Waals surface area contributed by atoms with Crippen molar-refractivity contribution >= 4 is 17.4 Å². The largest absolute Gasteiger partial charge is 0.326 e. The van der Waals surface area contributed by atoms with Gasteiger partial charge >= 0.3 is 0 Å². The molecule has 0 spiro atoms. The van der Waals surface area contributed by atoms with Crippen LogP contribution in [-0.4, -0.2) is 29.4 Å². The first kappa shape index (κ1) is 15.0. The SMILES string of the molecule is CCC(=O)N[C@]1(N)C(=O)N(C)C=CC=C1c1ccccc1. The Kier molecular flexibility index (Phi) is 4.23. The Morgan fingerprint density at radius 3 is 2.62 bits per heavy atom. The lowest BCUT2D eigenvalue weighted by Crippen LogP contribution is -2.64. The van der Waals surface area contributed by atoms with Crippen LogP contribution in [0.4, 0.5) is 0 Å². The lowest BCUT2D eigenvalue weighted by Gasteiger charge is -2.33. The lowest BCUT2D eigenvalue weighted by atomic mass is 9.91. The maximum absolute atomic E-state index is 12.6. The number of nitrogens with one attached hydrogen (secondary N) is 1. The molecule has 1 atom stereocenters. The van der Waals surface area contributed by atoms with Gasteiger partial charge in [0.25, 0.3) is 5.91 Å². The summed E-state index contributed by atoms with van der Waals surface area (Å²) in [6, 6.07) is 9.32. The molecule has 1 aromatic rings. The molecule has 0 saturated heterocycles. The van der Waals surface area contributed by atoms with Crippen LogP contribution in [0, 0.1) is 0 Å². The average Bonchev–Trinajstić information content (AvgIpc) is 2.60. The molecule has 110 valence electrons. The molecule has 21 heavy (non-hydrogen) atoms. The van der Waals surface area contributed by atoms with Crippen molar-refractivity contribution in [2.24, 2.45) is 5.73 Å². The topological polar surface area (TPSA) is 75.4 Å². The van der Waals surface area contributed by atoms with Crippen LogP contribution in [-0.2, 0) is 9.59 Å². The van der Waals surface area contributed by atoms with Gasteiger partial charge in [0, 0.05) is 25.2 Å². The highest BCUT2D eigenvalue weighted by Crippen LogP contribution is 2.27. The third kappa shape index (κ3) is 2.87. The quantitative estimate of drug-likeness (QED) is 0.820. The molecule has 0 saturated carbocycles. The van der Waals surface area contributed by atoms with Crippen LogP contribution in [0.15, 0.2) is 48.7 Å². The Bertz CT molecular complexity index is 607. The number of nitrogens with two attached hydrogens (primary N) is 1. The number of hydrogen-bond acceptors (Lipinski definition) is 3. The number of benzene rings is 1. The van der Waals surface area contributed by atoms with Gasteiger partial charge in [-0.15, -0.1) is 0 Å². The Balaban J connectivity index is 2.52. The molecule has 3 N–H and O–H groups in total. The van der Waals surface area contributed by atoms with Crippen LogP contribution >= 0.6 is 0 Å². The number of rotatable bonds is 3. The second kappa shape index (κ2) is 5.93.